The topological polar surface area (TPSA) is 83.1 Å². The molecule has 7 nitrogen and oxygen atoms in total. The molecule has 0 heterocycles. The maximum Gasteiger partial charge on any atom is 0.412 e. The van der Waals surface area contributed by atoms with Crippen molar-refractivity contribution >= 4 is 22.8 Å². The number of carbonyl (C=O) groups excluding carboxylic acids is 2. The fourth-order valence-corrected chi connectivity index (χ4v) is 2.24. The molecule has 2 aromatic rings. The molecule has 2 aromatic carbocycles. The Balaban J connectivity index is 1.49. The number of fused-ring (bicyclic) bond motifs is 1. The molecule has 0 aromatic heterocycles. The van der Waals surface area contributed by atoms with E-state index in [-0.39, 0.29) is 6.61 Å². The zero-order valence-electron chi connectivity index (χ0n) is 15.9. The van der Waals surface area contributed by atoms with E-state index in [9.17, 15) is 9.59 Å². The fraction of sp³-hybridized carbons (Fsp3) is 0.333. The summed E-state index contributed by atoms with van der Waals surface area (Å²) in [6.45, 7) is 6.93. The van der Waals surface area contributed by atoms with Gasteiger partial charge in [0.15, 0.2) is 0 Å². The SMILES string of the molecule is C=C(C)C(=O)OCCOCCOCCNC(=O)Oc1ccc2ccccc2c1. The Bertz CT molecular complexity index is 804. The summed E-state index contributed by atoms with van der Waals surface area (Å²) in [6, 6.07) is 13.3. The van der Waals surface area contributed by atoms with Crippen molar-refractivity contribution in [2.75, 3.05) is 39.6 Å². The van der Waals surface area contributed by atoms with Crippen LogP contribution in [0.25, 0.3) is 10.8 Å². The van der Waals surface area contributed by atoms with E-state index in [1.54, 1.807) is 13.0 Å². The van der Waals surface area contributed by atoms with Crippen LogP contribution in [0.1, 0.15) is 6.92 Å². The maximum atomic E-state index is 11.8. The van der Waals surface area contributed by atoms with E-state index >= 15 is 0 Å². The van der Waals surface area contributed by atoms with E-state index in [4.69, 9.17) is 18.9 Å². The number of ether oxygens (including phenoxy) is 4. The van der Waals surface area contributed by atoms with Gasteiger partial charge in [-0.2, -0.15) is 0 Å². The molecule has 0 aliphatic carbocycles. The van der Waals surface area contributed by atoms with Crippen molar-refractivity contribution in [1.82, 2.24) is 5.32 Å². The van der Waals surface area contributed by atoms with Gasteiger partial charge in [-0.3, -0.25) is 0 Å². The van der Waals surface area contributed by atoms with Crippen LogP contribution in [0.15, 0.2) is 54.6 Å². The van der Waals surface area contributed by atoms with Gasteiger partial charge in [0.25, 0.3) is 0 Å². The minimum absolute atomic E-state index is 0.174. The molecule has 0 aliphatic rings. The largest absolute Gasteiger partial charge is 0.460 e. The highest BCUT2D eigenvalue weighted by molar-refractivity contribution is 5.87. The van der Waals surface area contributed by atoms with E-state index in [1.165, 1.54) is 0 Å². The van der Waals surface area contributed by atoms with Gasteiger partial charge in [0, 0.05) is 12.1 Å². The van der Waals surface area contributed by atoms with Crippen LogP contribution < -0.4 is 10.1 Å². The van der Waals surface area contributed by atoms with E-state index in [1.807, 2.05) is 36.4 Å². The first-order chi connectivity index (χ1) is 13.6. The average Bonchev–Trinajstić information content (AvgIpc) is 2.69. The Labute approximate surface area is 164 Å². The summed E-state index contributed by atoms with van der Waals surface area (Å²) in [5, 5.41) is 4.71. The lowest BCUT2D eigenvalue weighted by atomic mass is 10.1. The second-order valence-electron chi connectivity index (χ2n) is 5.97. The minimum Gasteiger partial charge on any atom is -0.460 e. The van der Waals surface area contributed by atoms with Crippen LogP contribution in [0.5, 0.6) is 5.75 Å². The van der Waals surface area contributed by atoms with Crippen molar-refractivity contribution < 1.29 is 28.5 Å². The number of hydrogen-bond donors (Lipinski definition) is 1. The van der Waals surface area contributed by atoms with Crippen molar-refractivity contribution in [2.45, 2.75) is 6.92 Å². The fourth-order valence-electron chi connectivity index (χ4n) is 2.24. The van der Waals surface area contributed by atoms with Crippen LogP contribution in [-0.2, 0) is 19.0 Å². The van der Waals surface area contributed by atoms with Gasteiger partial charge < -0.3 is 24.3 Å². The van der Waals surface area contributed by atoms with Gasteiger partial charge in [-0.25, -0.2) is 9.59 Å². The molecule has 150 valence electrons. The first-order valence-corrected chi connectivity index (χ1v) is 8.99. The zero-order chi connectivity index (χ0) is 20.2. The third kappa shape index (κ3) is 7.77. The summed E-state index contributed by atoms with van der Waals surface area (Å²) in [4.78, 5) is 22.9. The van der Waals surface area contributed by atoms with Crippen molar-refractivity contribution in [1.29, 1.82) is 0 Å². The van der Waals surface area contributed by atoms with Crippen molar-refractivity contribution in [2.24, 2.45) is 0 Å². The predicted molar refractivity (Wildman–Crippen MR) is 105 cm³/mol. The van der Waals surface area contributed by atoms with Gasteiger partial charge >= 0.3 is 12.1 Å². The quantitative estimate of drug-likeness (QED) is 0.362. The molecule has 0 unspecified atom stereocenters. The van der Waals surface area contributed by atoms with E-state index in [0.29, 0.717) is 44.3 Å². The van der Waals surface area contributed by atoms with Crippen molar-refractivity contribution in [3.8, 4) is 5.75 Å². The molecule has 0 aliphatic heterocycles. The molecular weight excluding hydrogens is 362 g/mol. The summed E-state index contributed by atoms with van der Waals surface area (Å²) in [6.07, 6.45) is -0.533. The van der Waals surface area contributed by atoms with Gasteiger partial charge in [0.05, 0.1) is 26.4 Å². The number of esters is 1. The van der Waals surface area contributed by atoms with Crippen LogP contribution in [0, 0.1) is 0 Å². The highest BCUT2D eigenvalue weighted by Crippen LogP contribution is 2.20. The van der Waals surface area contributed by atoms with E-state index in [2.05, 4.69) is 11.9 Å². The lowest BCUT2D eigenvalue weighted by Gasteiger charge is -2.09. The predicted octanol–water partition coefficient (Wildman–Crippen LogP) is 3.08. The van der Waals surface area contributed by atoms with E-state index in [0.717, 1.165) is 10.8 Å². The molecule has 1 N–H and O–H groups in total. The molecule has 0 spiro atoms. The maximum absolute atomic E-state index is 11.8. The smallest absolute Gasteiger partial charge is 0.412 e. The lowest BCUT2D eigenvalue weighted by Crippen LogP contribution is -2.30. The standard InChI is InChI=1S/C21H25NO6/c1-16(2)20(23)27-14-13-26-12-11-25-10-9-22-21(24)28-19-8-7-17-5-3-4-6-18(17)15-19/h3-8,15H,1,9-14H2,2H3,(H,22,24). The number of nitrogens with one attached hydrogen (secondary N) is 1. The molecule has 0 bridgehead atoms. The normalized spacial score (nSPS) is 10.5. The Morgan fingerprint density at radius 2 is 1.61 bits per heavy atom. The minimum atomic E-state index is -0.533. The first-order valence-electron chi connectivity index (χ1n) is 8.99. The molecule has 7 heteroatoms. The summed E-state index contributed by atoms with van der Waals surface area (Å²) in [7, 11) is 0. The summed E-state index contributed by atoms with van der Waals surface area (Å²) < 4.78 is 20.7. The molecule has 0 saturated carbocycles. The zero-order valence-corrected chi connectivity index (χ0v) is 15.9. The Hall–Kier alpha value is -2.90. The van der Waals surface area contributed by atoms with Crippen LogP contribution >= 0.6 is 0 Å². The second-order valence-corrected chi connectivity index (χ2v) is 5.97. The number of amides is 1. The van der Waals surface area contributed by atoms with Crippen molar-refractivity contribution in [3.05, 3.63) is 54.6 Å². The van der Waals surface area contributed by atoms with Crippen molar-refractivity contribution in [3.63, 3.8) is 0 Å². The Morgan fingerprint density at radius 3 is 2.36 bits per heavy atom. The molecule has 2 rings (SSSR count). The number of benzene rings is 2. The second kappa shape index (κ2) is 11.7. The van der Waals surface area contributed by atoms with Gasteiger partial charge in [-0.05, 0) is 29.8 Å². The summed E-state index contributed by atoms with van der Waals surface area (Å²) in [5.74, 6) is 0.0550. The monoisotopic (exact) mass is 387 g/mol. The van der Waals surface area contributed by atoms with Crippen LogP contribution in [0.2, 0.25) is 0 Å². The third-order valence-corrected chi connectivity index (χ3v) is 3.63. The molecular formula is C21H25NO6. The molecule has 0 fully saturated rings. The van der Waals surface area contributed by atoms with Gasteiger partial charge in [-0.1, -0.05) is 36.9 Å². The molecule has 1 amide bonds. The van der Waals surface area contributed by atoms with Gasteiger partial charge in [-0.15, -0.1) is 0 Å². The van der Waals surface area contributed by atoms with Crippen LogP contribution in [0.3, 0.4) is 0 Å². The summed E-state index contributed by atoms with van der Waals surface area (Å²) in [5.41, 5.74) is 0.356. The molecule has 28 heavy (non-hydrogen) atoms. The Morgan fingerprint density at radius 1 is 0.929 bits per heavy atom. The van der Waals surface area contributed by atoms with Crippen LogP contribution in [-0.4, -0.2) is 51.6 Å². The molecule has 0 atom stereocenters. The third-order valence-electron chi connectivity index (χ3n) is 3.63. The Kier molecular flexibility index (Phi) is 8.97. The number of carbonyl (C=O) groups is 2. The van der Waals surface area contributed by atoms with E-state index < -0.39 is 12.1 Å². The highest BCUT2D eigenvalue weighted by atomic mass is 16.6. The lowest BCUT2D eigenvalue weighted by molar-refractivity contribution is -0.140. The first kappa shape index (κ1) is 21.4. The average molecular weight is 387 g/mol. The van der Waals surface area contributed by atoms with Gasteiger partial charge in [0.2, 0.25) is 0 Å². The number of hydrogen-bond acceptors (Lipinski definition) is 6. The van der Waals surface area contributed by atoms with Crippen LogP contribution in [0.4, 0.5) is 4.79 Å². The molecule has 0 saturated heterocycles. The summed E-state index contributed by atoms with van der Waals surface area (Å²) >= 11 is 0. The van der Waals surface area contributed by atoms with Gasteiger partial charge in [0.1, 0.15) is 12.4 Å². The highest BCUT2D eigenvalue weighted by Gasteiger charge is 2.05. The molecule has 0 radical (unpaired) electrons. The number of rotatable bonds is 11.